The molecule has 0 unspecified atom stereocenters. The fraction of sp³-hybridized carbons (Fsp3) is 0.250. The van der Waals surface area contributed by atoms with Gasteiger partial charge in [-0.2, -0.15) is 0 Å². The lowest BCUT2D eigenvalue weighted by molar-refractivity contribution is -0.629. The van der Waals surface area contributed by atoms with Gasteiger partial charge in [-0.3, -0.25) is 10.1 Å². The minimum Gasteiger partial charge on any atom is -0.372 e. The Kier molecular flexibility index (Phi) is 5.32. The maximum atomic E-state index is 11.0. The summed E-state index contributed by atoms with van der Waals surface area (Å²) in [5, 5.41) is 20.4. The molecule has 0 bridgehead atoms. The Morgan fingerprint density at radius 2 is 1.80 bits per heavy atom. The fourth-order valence-corrected chi connectivity index (χ4v) is 4.07. The Bertz CT molecular complexity index is 1260. The standard InChI is InChI=1S/C20H20N7O2S/c1-4-26(5-2)14-8-6-13(7-9-14)23-24-20-25(3)18-19(30-20)22-16-11-10-15(27(28)29)12-17(16)21-18/h6-12H,4-5H2,1-3H3/q+1. The van der Waals surface area contributed by atoms with Gasteiger partial charge in [0.2, 0.25) is 0 Å². The Hall–Kier alpha value is -3.53. The van der Waals surface area contributed by atoms with Crippen LogP contribution in [0.4, 0.5) is 22.2 Å². The highest BCUT2D eigenvalue weighted by Gasteiger charge is 2.20. The molecule has 0 saturated heterocycles. The van der Waals surface area contributed by atoms with Crippen LogP contribution < -0.4 is 9.47 Å². The third-order valence-electron chi connectivity index (χ3n) is 4.83. The predicted octanol–water partition coefficient (Wildman–Crippen LogP) is 4.84. The first-order valence-corrected chi connectivity index (χ1v) is 10.3. The maximum absolute atomic E-state index is 11.0. The van der Waals surface area contributed by atoms with Crippen LogP contribution in [0.2, 0.25) is 0 Å². The highest BCUT2D eigenvalue weighted by molar-refractivity contribution is 7.20. The Labute approximate surface area is 176 Å². The van der Waals surface area contributed by atoms with Crippen molar-refractivity contribution in [3.63, 3.8) is 0 Å². The van der Waals surface area contributed by atoms with Crippen molar-refractivity contribution < 1.29 is 9.49 Å². The van der Waals surface area contributed by atoms with Gasteiger partial charge in [-0.25, -0.2) is 9.55 Å². The van der Waals surface area contributed by atoms with Crippen molar-refractivity contribution in [2.75, 3.05) is 18.0 Å². The molecule has 152 valence electrons. The van der Waals surface area contributed by atoms with Crippen molar-refractivity contribution in [2.24, 2.45) is 17.3 Å². The molecule has 9 nitrogen and oxygen atoms in total. The van der Waals surface area contributed by atoms with Gasteiger partial charge in [-0.05, 0) is 55.5 Å². The zero-order valence-electron chi connectivity index (χ0n) is 16.8. The summed E-state index contributed by atoms with van der Waals surface area (Å²) in [6.07, 6.45) is 0. The van der Waals surface area contributed by atoms with E-state index >= 15 is 0 Å². The maximum Gasteiger partial charge on any atom is 0.347 e. The van der Waals surface area contributed by atoms with Crippen LogP contribution >= 0.6 is 11.3 Å². The minimum absolute atomic E-state index is 0.0119. The molecule has 0 amide bonds. The first-order valence-electron chi connectivity index (χ1n) is 9.51. The lowest BCUT2D eigenvalue weighted by Gasteiger charge is -2.20. The average molecular weight is 422 g/mol. The molecule has 2 aromatic carbocycles. The fourth-order valence-electron chi connectivity index (χ4n) is 3.17. The Morgan fingerprint density at radius 3 is 2.47 bits per heavy atom. The van der Waals surface area contributed by atoms with E-state index in [4.69, 9.17) is 0 Å². The van der Waals surface area contributed by atoms with Gasteiger partial charge in [0.25, 0.3) is 5.69 Å². The number of rotatable bonds is 6. The number of fused-ring (bicyclic) bond motifs is 2. The second kappa shape index (κ2) is 8.07. The molecule has 2 heterocycles. The average Bonchev–Trinajstić information content (AvgIpc) is 3.06. The molecule has 0 aliphatic carbocycles. The number of azo groups is 1. The molecule has 0 aliphatic rings. The van der Waals surface area contributed by atoms with Crippen molar-refractivity contribution in [3.8, 4) is 0 Å². The number of nitro groups is 1. The van der Waals surface area contributed by atoms with Gasteiger partial charge in [-0.1, -0.05) is 10.1 Å². The van der Waals surface area contributed by atoms with Crippen LogP contribution in [0, 0.1) is 10.1 Å². The van der Waals surface area contributed by atoms with Crippen LogP contribution in [-0.2, 0) is 7.05 Å². The number of benzene rings is 2. The molecular formula is C20H20N7O2S+. The second-order valence-electron chi connectivity index (χ2n) is 6.61. The zero-order valence-corrected chi connectivity index (χ0v) is 17.6. The number of non-ortho nitro benzene ring substituents is 1. The van der Waals surface area contributed by atoms with Gasteiger partial charge in [-0.15, -0.1) is 0 Å². The van der Waals surface area contributed by atoms with Crippen molar-refractivity contribution in [2.45, 2.75) is 13.8 Å². The second-order valence-corrected chi connectivity index (χ2v) is 7.57. The van der Waals surface area contributed by atoms with E-state index in [1.54, 1.807) is 10.6 Å². The number of hydrogen-bond acceptors (Lipinski definition) is 8. The lowest BCUT2D eigenvalue weighted by atomic mass is 10.2. The molecule has 10 heteroatoms. The first kappa shape index (κ1) is 19.8. The van der Waals surface area contributed by atoms with Crippen LogP contribution in [0.15, 0.2) is 52.7 Å². The van der Waals surface area contributed by atoms with E-state index in [2.05, 4.69) is 38.9 Å². The predicted molar refractivity (Wildman–Crippen MR) is 117 cm³/mol. The number of thiazole rings is 1. The minimum atomic E-state index is -0.440. The number of nitro benzene ring substituents is 1. The quantitative estimate of drug-likeness (QED) is 0.192. The Balaban J connectivity index is 1.66. The molecule has 30 heavy (non-hydrogen) atoms. The molecule has 0 spiro atoms. The van der Waals surface area contributed by atoms with E-state index in [0.29, 0.717) is 26.6 Å². The van der Waals surface area contributed by atoms with Crippen LogP contribution in [0.25, 0.3) is 21.5 Å². The van der Waals surface area contributed by atoms with Gasteiger partial charge in [0, 0.05) is 30.0 Å². The summed E-state index contributed by atoms with van der Waals surface area (Å²) in [5.74, 6) is 0. The van der Waals surface area contributed by atoms with E-state index < -0.39 is 4.92 Å². The SMILES string of the molecule is CCN(CC)c1ccc(N=Nc2sc3nc4ccc([N+](=O)[O-])cc4nc3[n+]2C)cc1. The van der Waals surface area contributed by atoms with E-state index in [-0.39, 0.29) is 5.69 Å². The molecule has 0 saturated carbocycles. The van der Waals surface area contributed by atoms with Gasteiger partial charge < -0.3 is 4.90 Å². The highest BCUT2D eigenvalue weighted by atomic mass is 32.1. The molecule has 2 aromatic heterocycles. The zero-order chi connectivity index (χ0) is 21.3. The topological polar surface area (TPSA) is 101 Å². The van der Waals surface area contributed by atoms with Crippen LogP contribution in [0.5, 0.6) is 0 Å². The largest absolute Gasteiger partial charge is 0.372 e. The summed E-state index contributed by atoms with van der Waals surface area (Å²) >= 11 is 1.37. The summed E-state index contributed by atoms with van der Waals surface area (Å²) < 4.78 is 1.79. The van der Waals surface area contributed by atoms with E-state index in [9.17, 15) is 10.1 Å². The first-order chi connectivity index (χ1) is 14.5. The van der Waals surface area contributed by atoms with E-state index in [1.807, 2.05) is 31.3 Å². The third-order valence-corrected chi connectivity index (χ3v) is 5.84. The van der Waals surface area contributed by atoms with Crippen molar-refractivity contribution in [1.82, 2.24) is 9.97 Å². The summed E-state index contributed by atoms with van der Waals surface area (Å²) in [4.78, 5) is 22.7. The molecule has 0 aliphatic heterocycles. The van der Waals surface area contributed by atoms with Crippen LogP contribution in [0.1, 0.15) is 13.8 Å². The molecular weight excluding hydrogens is 402 g/mol. The number of hydrogen-bond donors (Lipinski definition) is 0. The smallest absolute Gasteiger partial charge is 0.347 e. The third kappa shape index (κ3) is 3.69. The van der Waals surface area contributed by atoms with Gasteiger partial charge in [0.15, 0.2) is 10.3 Å². The van der Waals surface area contributed by atoms with Crippen molar-refractivity contribution in [1.29, 1.82) is 0 Å². The van der Waals surface area contributed by atoms with Crippen molar-refractivity contribution in [3.05, 3.63) is 52.6 Å². The summed E-state index contributed by atoms with van der Waals surface area (Å²) in [6, 6.07) is 12.4. The summed E-state index contributed by atoms with van der Waals surface area (Å²) in [6.45, 7) is 6.16. The molecule has 0 fully saturated rings. The van der Waals surface area contributed by atoms with E-state index in [0.717, 1.165) is 24.5 Å². The normalized spacial score (nSPS) is 11.6. The van der Waals surface area contributed by atoms with E-state index in [1.165, 1.54) is 23.5 Å². The molecule has 0 radical (unpaired) electrons. The summed E-state index contributed by atoms with van der Waals surface area (Å²) in [7, 11) is 1.83. The van der Waals surface area contributed by atoms with Crippen LogP contribution in [-0.4, -0.2) is 28.0 Å². The number of anilines is 1. The highest BCUT2D eigenvalue weighted by Crippen LogP contribution is 2.28. The van der Waals surface area contributed by atoms with Gasteiger partial charge >= 0.3 is 10.8 Å². The molecule has 4 aromatic rings. The molecule has 4 rings (SSSR count). The number of aromatic nitrogens is 3. The summed E-state index contributed by atoms with van der Waals surface area (Å²) in [5.41, 5.74) is 3.58. The molecule has 0 atom stereocenters. The van der Waals surface area contributed by atoms with Gasteiger partial charge in [0.1, 0.15) is 11.2 Å². The monoisotopic (exact) mass is 422 g/mol. The van der Waals surface area contributed by atoms with Crippen LogP contribution in [0.3, 0.4) is 0 Å². The Morgan fingerprint density at radius 1 is 1.07 bits per heavy atom. The number of aryl methyl sites for hydroxylation is 1. The number of nitrogens with zero attached hydrogens (tertiary/aromatic N) is 7. The molecule has 0 N–H and O–H groups in total. The van der Waals surface area contributed by atoms with Gasteiger partial charge in [0.05, 0.1) is 18.0 Å². The van der Waals surface area contributed by atoms with Crippen molar-refractivity contribution >= 4 is 55.0 Å². The lowest BCUT2D eigenvalue weighted by Crippen LogP contribution is -2.26.